The molecule has 0 fully saturated rings. The predicted molar refractivity (Wildman–Crippen MR) is 96.0 cm³/mol. The minimum atomic E-state index is 0.0149. The molecule has 0 atom stereocenters. The fraction of sp³-hybridized carbons (Fsp3) is 0.389. The van der Waals surface area contributed by atoms with E-state index in [0.29, 0.717) is 0 Å². The van der Waals surface area contributed by atoms with Crippen molar-refractivity contribution in [1.29, 1.82) is 0 Å². The number of methoxy groups -OCH3 is 1. The third kappa shape index (κ3) is 4.01. The van der Waals surface area contributed by atoms with Crippen LogP contribution in [-0.2, 0) is 4.79 Å². The number of ether oxygens (including phenoxy) is 1. The van der Waals surface area contributed by atoms with Gasteiger partial charge in [-0.2, -0.15) is 0 Å². The highest BCUT2D eigenvalue weighted by molar-refractivity contribution is 9.10. The number of carbonyl (C=O) groups excluding carboxylic acids is 1. The van der Waals surface area contributed by atoms with Gasteiger partial charge in [0.2, 0.25) is 5.91 Å². The summed E-state index contributed by atoms with van der Waals surface area (Å²) < 4.78 is 6.29. The minimum absolute atomic E-state index is 0.0149. The van der Waals surface area contributed by atoms with Crippen LogP contribution in [0, 0.1) is 0 Å². The lowest BCUT2D eigenvalue weighted by Crippen LogP contribution is -2.31. The molecule has 0 aliphatic rings. The number of amides is 1. The zero-order valence-electron chi connectivity index (χ0n) is 14.2. The number of hydrogen-bond acceptors (Lipinski definition) is 2. The Hall–Kier alpha value is -1.55. The van der Waals surface area contributed by atoms with Crippen LogP contribution in [0.1, 0.15) is 34.1 Å². The Morgan fingerprint density at radius 1 is 1.36 bits per heavy atom. The Labute approximate surface area is 141 Å². The molecular weight excluding hydrogens is 342 g/mol. The van der Waals surface area contributed by atoms with Crippen molar-refractivity contribution in [3.8, 4) is 5.75 Å². The van der Waals surface area contributed by atoms with E-state index >= 15 is 0 Å². The number of allylic oxidation sites excluding steroid dienone is 2. The molecule has 3 nitrogen and oxygen atoms in total. The molecule has 0 N–H and O–H groups in total. The Morgan fingerprint density at radius 2 is 2.00 bits per heavy atom. The molecule has 0 saturated carbocycles. The molecule has 1 aromatic carbocycles. The highest BCUT2D eigenvalue weighted by Gasteiger charge is 2.11. The predicted octanol–water partition coefficient (Wildman–Crippen LogP) is 3.20. The molecule has 1 rings (SSSR count). The first kappa shape index (κ1) is 18.5. The van der Waals surface area contributed by atoms with E-state index in [4.69, 9.17) is 4.74 Å². The maximum atomic E-state index is 11.7. The second-order valence-electron chi connectivity index (χ2n) is 5.06. The molecule has 0 heterocycles. The lowest BCUT2D eigenvalue weighted by atomic mass is 10.1. The molecule has 1 aromatic rings. The Morgan fingerprint density at radius 3 is 2.45 bits per heavy atom. The van der Waals surface area contributed by atoms with Gasteiger partial charge in [0.1, 0.15) is 5.75 Å². The maximum Gasteiger partial charge on any atom is 0.223 e. The molecule has 1 amide bonds. The van der Waals surface area contributed by atoms with Crippen molar-refractivity contribution in [1.82, 2.24) is 4.90 Å². The summed E-state index contributed by atoms with van der Waals surface area (Å²) in [6.45, 7) is 7.65. The van der Waals surface area contributed by atoms with Gasteiger partial charge < -0.3 is 9.64 Å². The highest BCUT2D eigenvalue weighted by Crippen LogP contribution is 2.21. The third-order valence-corrected chi connectivity index (χ3v) is 4.26. The van der Waals surface area contributed by atoms with Crippen LogP contribution in [0.5, 0.6) is 5.75 Å². The van der Waals surface area contributed by atoms with Crippen molar-refractivity contribution in [2.45, 2.75) is 34.1 Å². The van der Waals surface area contributed by atoms with E-state index in [1.165, 1.54) is 0 Å². The van der Waals surface area contributed by atoms with E-state index in [0.717, 1.165) is 38.4 Å². The van der Waals surface area contributed by atoms with Gasteiger partial charge in [-0.25, -0.2) is 0 Å². The first-order valence-corrected chi connectivity index (χ1v) is 8.12. The summed E-state index contributed by atoms with van der Waals surface area (Å²) in [6, 6.07) is 4.07. The van der Waals surface area contributed by atoms with Gasteiger partial charge in [-0.3, -0.25) is 4.79 Å². The zero-order chi connectivity index (χ0) is 16.9. The first-order chi connectivity index (χ1) is 10.4. The Balaban J connectivity index is 3.74. The highest BCUT2D eigenvalue weighted by atomic mass is 79.9. The maximum absolute atomic E-state index is 11.7. The van der Waals surface area contributed by atoms with Crippen molar-refractivity contribution < 1.29 is 9.53 Å². The summed E-state index contributed by atoms with van der Waals surface area (Å²) in [5, 5.41) is 2.20. The van der Waals surface area contributed by atoms with Crippen LogP contribution in [-0.4, -0.2) is 25.0 Å². The van der Waals surface area contributed by atoms with E-state index in [9.17, 15) is 4.79 Å². The second kappa shape index (κ2) is 8.18. The van der Waals surface area contributed by atoms with Crippen LogP contribution in [0.2, 0.25) is 0 Å². The van der Waals surface area contributed by atoms with Crippen LogP contribution in [0.3, 0.4) is 0 Å². The number of nitrogens with zero attached hydrogens (tertiary/aromatic N) is 1. The molecule has 22 heavy (non-hydrogen) atoms. The summed E-state index contributed by atoms with van der Waals surface area (Å²) in [5.74, 6) is 0.819. The molecule has 120 valence electrons. The number of benzene rings is 1. The van der Waals surface area contributed by atoms with Gasteiger partial charge in [0, 0.05) is 19.7 Å². The lowest BCUT2D eigenvalue weighted by Gasteiger charge is -2.20. The number of carbonyl (C=O) groups is 1. The fourth-order valence-electron chi connectivity index (χ4n) is 2.41. The van der Waals surface area contributed by atoms with E-state index in [2.05, 4.69) is 28.9 Å². The molecule has 0 aliphatic carbocycles. The summed E-state index contributed by atoms with van der Waals surface area (Å²) in [5.41, 5.74) is 1.97. The number of hydrogen-bond donors (Lipinski definition) is 0. The van der Waals surface area contributed by atoms with Gasteiger partial charge in [-0.15, -0.1) is 0 Å². The van der Waals surface area contributed by atoms with Crippen LogP contribution in [0.25, 0.3) is 11.6 Å². The number of rotatable bonds is 4. The zero-order valence-corrected chi connectivity index (χ0v) is 15.7. The van der Waals surface area contributed by atoms with Gasteiger partial charge in [-0.05, 0) is 64.3 Å². The third-order valence-electron chi connectivity index (χ3n) is 3.64. The molecule has 4 heteroatoms. The van der Waals surface area contributed by atoms with E-state index < -0.39 is 0 Å². The molecule has 0 saturated heterocycles. The van der Waals surface area contributed by atoms with Gasteiger partial charge in [0.25, 0.3) is 0 Å². The average molecular weight is 366 g/mol. The van der Waals surface area contributed by atoms with Crippen molar-refractivity contribution in [2.24, 2.45) is 0 Å². The van der Waals surface area contributed by atoms with Crippen LogP contribution in [0.4, 0.5) is 0 Å². The topological polar surface area (TPSA) is 29.5 Å². The fourth-order valence-corrected chi connectivity index (χ4v) is 2.91. The molecule has 0 spiro atoms. The minimum Gasteiger partial charge on any atom is -0.496 e. The normalized spacial score (nSPS) is 14.0. The van der Waals surface area contributed by atoms with E-state index in [1.54, 1.807) is 26.0 Å². The van der Waals surface area contributed by atoms with Crippen LogP contribution >= 0.6 is 15.9 Å². The Bertz CT molecular complexity index is 705. The van der Waals surface area contributed by atoms with Gasteiger partial charge >= 0.3 is 0 Å². The molecule has 0 aliphatic heterocycles. The van der Waals surface area contributed by atoms with E-state index in [1.807, 2.05) is 32.1 Å². The quantitative estimate of drug-likeness (QED) is 0.819. The van der Waals surface area contributed by atoms with Gasteiger partial charge in [-0.1, -0.05) is 19.1 Å². The largest absolute Gasteiger partial charge is 0.496 e. The molecule has 0 aromatic heterocycles. The lowest BCUT2D eigenvalue weighted by molar-refractivity contribution is -0.125. The SMILES string of the molecule is C\C=C(/C(C)=c1/cc(Br)c(OC)c/c1=C\CC)N(C)C(C)=O. The molecular formula is C18H24BrNO2. The summed E-state index contributed by atoms with van der Waals surface area (Å²) >= 11 is 3.55. The average Bonchev–Trinajstić information content (AvgIpc) is 2.49. The van der Waals surface area contributed by atoms with E-state index in [-0.39, 0.29) is 5.91 Å². The molecule has 0 unspecified atom stereocenters. The van der Waals surface area contributed by atoms with Crippen molar-refractivity contribution in [2.75, 3.05) is 14.2 Å². The summed E-state index contributed by atoms with van der Waals surface area (Å²) in [7, 11) is 3.45. The standard InChI is InChI=1S/C18H24BrNO2/c1-7-9-14-10-18(22-6)16(19)11-15(14)12(3)17(8-2)20(5)13(4)21/h8-11H,7H2,1-6H3/b14-9+,15-12-,17-8+. The van der Waals surface area contributed by atoms with Crippen molar-refractivity contribution >= 4 is 33.5 Å². The van der Waals surface area contributed by atoms with Gasteiger partial charge in [0.15, 0.2) is 0 Å². The summed E-state index contributed by atoms with van der Waals surface area (Å²) in [4.78, 5) is 13.4. The monoisotopic (exact) mass is 365 g/mol. The molecule has 0 radical (unpaired) electrons. The van der Waals surface area contributed by atoms with Crippen molar-refractivity contribution in [3.63, 3.8) is 0 Å². The van der Waals surface area contributed by atoms with Crippen LogP contribution < -0.4 is 15.2 Å². The smallest absolute Gasteiger partial charge is 0.223 e. The molecule has 0 bridgehead atoms. The summed E-state index contributed by atoms with van der Waals surface area (Å²) in [6.07, 6.45) is 5.05. The first-order valence-electron chi connectivity index (χ1n) is 7.32. The number of halogens is 1. The van der Waals surface area contributed by atoms with Crippen molar-refractivity contribution in [3.05, 3.63) is 38.8 Å². The second-order valence-corrected chi connectivity index (χ2v) is 5.92. The van der Waals surface area contributed by atoms with Gasteiger partial charge in [0.05, 0.1) is 11.6 Å². The van der Waals surface area contributed by atoms with Crippen LogP contribution in [0.15, 0.2) is 28.4 Å². The Kier molecular flexibility index (Phi) is 6.88.